The molecule has 1 aliphatic carbocycles. The van der Waals surface area contributed by atoms with Crippen LogP contribution in [0.1, 0.15) is 44.2 Å². The molecule has 0 saturated heterocycles. The summed E-state index contributed by atoms with van der Waals surface area (Å²) < 4.78 is 67.0. The minimum absolute atomic E-state index is 0.117. The molecule has 3 heterocycles. The summed E-state index contributed by atoms with van der Waals surface area (Å²) in [7, 11) is -4.44. The lowest BCUT2D eigenvalue weighted by atomic mass is 10.1. The van der Waals surface area contributed by atoms with Crippen molar-refractivity contribution in [1.82, 2.24) is 19.3 Å². The first-order valence-corrected chi connectivity index (χ1v) is 13.3. The van der Waals surface area contributed by atoms with Gasteiger partial charge in [0.1, 0.15) is 22.7 Å². The van der Waals surface area contributed by atoms with Crippen molar-refractivity contribution < 1.29 is 21.6 Å². The van der Waals surface area contributed by atoms with Crippen LogP contribution in [0.5, 0.6) is 0 Å². The standard InChI is InChI=1S/C22H22F3N5O2S2/c1-13(22(23,24)25)29-34(31,32)16-7-8-19(27-12-16)20-18(10-26)17-9-15(33-2)11-28-21(17)30(20)14-5-3-4-6-14/h7-9,11-14,29H,3-6H2,1-2H3/t13-/m1/s1. The lowest BCUT2D eigenvalue weighted by molar-refractivity contribution is -0.147. The second-order valence-corrected chi connectivity index (χ2v) is 10.7. The number of nitrogens with one attached hydrogen (secondary N) is 1. The average Bonchev–Trinajstić information content (AvgIpc) is 3.43. The smallest absolute Gasteiger partial charge is 0.320 e. The van der Waals surface area contributed by atoms with Crippen LogP contribution >= 0.6 is 11.8 Å². The molecule has 1 saturated carbocycles. The van der Waals surface area contributed by atoms with E-state index in [0.717, 1.165) is 43.7 Å². The maximum Gasteiger partial charge on any atom is 0.404 e. The van der Waals surface area contributed by atoms with Crippen molar-refractivity contribution in [1.29, 1.82) is 5.26 Å². The number of hydrogen-bond acceptors (Lipinski definition) is 6. The molecule has 0 radical (unpaired) electrons. The van der Waals surface area contributed by atoms with E-state index < -0.39 is 27.1 Å². The molecule has 1 aliphatic rings. The third-order valence-electron chi connectivity index (χ3n) is 5.97. The Morgan fingerprint density at radius 2 is 1.94 bits per heavy atom. The predicted molar refractivity (Wildman–Crippen MR) is 123 cm³/mol. The topological polar surface area (TPSA) is 101 Å². The monoisotopic (exact) mass is 509 g/mol. The zero-order chi connectivity index (χ0) is 24.7. The van der Waals surface area contributed by atoms with Crippen LogP contribution in [0, 0.1) is 11.3 Å². The summed E-state index contributed by atoms with van der Waals surface area (Å²) in [6, 6.07) is 4.65. The van der Waals surface area contributed by atoms with E-state index in [1.54, 1.807) is 10.9 Å². The fourth-order valence-electron chi connectivity index (χ4n) is 4.21. The van der Waals surface area contributed by atoms with Crippen molar-refractivity contribution in [2.75, 3.05) is 6.26 Å². The molecule has 1 fully saturated rings. The lowest BCUT2D eigenvalue weighted by Gasteiger charge is -2.18. The molecule has 180 valence electrons. The van der Waals surface area contributed by atoms with Gasteiger partial charge >= 0.3 is 6.18 Å². The largest absolute Gasteiger partial charge is 0.404 e. The molecule has 7 nitrogen and oxygen atoms in total. The van der Waals surface area contributed by atoms with Gasteiger partial charge in [-0.2, -0.15) is 23.2 Å². The third-order valence-corrected chi connectivity index (χ3v) is 8.19. The van der Waals surface area contributed by atoms with Gasteiger partial charge in [-0.25, -0.2) is 13.4 Å². The molecular formula is C22H22F3N5O2S2. The van der Waals surface area contributed by atoms with Gasteiger partial charge in [-0.15, -0.1) is 11.8 Å². The minimum atomic E-state index is -4.72. The van der Waals surface area contributed by atoms with Crippen molar-refractivity contribution in [3.05, 3.63) is 36.2 Å². The van der Waals surface area contributed by atoms with Gasteiger partial charge in [0.05, 0.1) is 17.0 Å². The van der Waals surface area contributed by atoms with Gasteiger partial charge in [0, 0.05) is 28.7 Å². The fourth-order valence-corrected chi connectivity index (χ4v) is 5.78. The molecule has 1 N–H and O–H groups in total. The number of sulfonamides is 1. The fraction of sp³-hybridized carbons (Fsp3) is 0.409. The summed E-state index contributed by atoms with van der Waals surface area (Å²) in [4.78, 5) is 9.38. The van der Waals surface area contributed by atoms with Gasteiger partial charge < -0.3 is 4.57 Å². The Labute approximate surface area is 199 Å². The van der Waals surface area contributed by atoms with Crippen LogP contribution in [0.3, 0.4) is 0 Å². The first kappa shape index (κ1) is 24.5. The zero-order valence-electron chi connectivity index (χ0n) is 18.4. The molecule has 12 heteroatoms. The van der Waals surface area contributed by atoms with Crippen molar-refractivity contribution in [3.8, 4) is 17.5 Å². The van der Waals surface area contributed by atoms with Crippen LogP contribution in [0.2, 0.25) is 0 Å². The van der Waals surface area contributed by atoms with E-state index in [-0.39, 0.29) is 6.04 Å². The van der Waals surface area contributed by atoms with Crippen LogP contribution in [0.25, 0.3) is 22.4 Å². The average molecular weight is 510 g/mol. The van der Waals surface area contributed by atoms with Gasteiger partial charge in [0.15, 0.2) is 0 Å². The number of aromatic nitrogens is 3. The Kier molecular flexibility index (Phi) is 6.63. The molecule has 3 aromatic rings. The van der Waals surface area contributed by atoms with E-state index >= 15 is 0 Å². The first-order valence-electron chi connectivity index (χ1n) is 10.6. The molecule has 0 bridgehead atoms. The molecule has 34 heavy (non-hydrogen) atoms. The molecular weight excluding hydrogens is 487 g/mol. The van der Waals surface area contributed by atoms with Gasteiger partial charge in [0.25, 0.3) is 0 Å². The Morgan fingerprint density at radius 3 is 2.50 bits per heavy atom. The second-order valence-electron chi connectivity index (χ2n) is 8.15. The number of pyridine rings is 2. The number of hydrogen-bond donors (Lipinski definition) is 1. The van der Waals surface area contributed by atoms with E-state index in [1.807, 2.05) is 16.9 Å². The number of rotatable bonds is 6. The highest BCUT2D eigenvalue weighted by molar-refractivity contribution is 7.98. The van der Waals surface area contributed by atoms with E-state index in [0.29, 0.717) is 28.0 Å². The number of thioether (sulfide) groups is 1. The minimum Gasteiger partial charge on any atom is -0.320 e. The van der Waals surface area contributed by atoms with Crippen LogP contribution < -0.4 is 4.72 Å². The van der Waals surface area contributed by atoms with E-state index in [4.69, 9.17) is 0 Å². The molecule has 0 unspecified atom stereocenters. The van der Waals surface area contributed by atoms with Gasteiger partial charge in [-0.1, -0.05) is 12.8 Å². The number of fused-ring (bicyclic) bond motifs is 1. The molecule has 0 amide bonds. The van der Waals surface area contributed by atoms with Gasteiger partial charge in [-0.3, -0.25) is 4.98 Å². The zero-order valence-corrected chi connectivity index (χ0v) is 20.1. The summed E-state index contributed by atoms with van der Waals surface area (Å²) in [5.41, 5.74) is 1.94. The summed E-state index contributed by atoms with van der Waals surface area (Å²) in [6.07, 6.45) is 3.88. The Bertz CT molecular complexity index is 1360. The van der Waals surface area contributed by atoms with Crippen molar-refractivity contribution >= 4 is 32.8 Å². The highest BCUT2D eigenvalue weighted by Gasteiger charge is 2.39. The summed E-state index contributed by atoms with van der Waals surface area (Å²) >= 11 is 1.51. The molecule has 3 aromatic heterocycles. The summed E-state index contributed by atoms with van der Waals surface area (Å²) in [6.45, 7) is 0.731. The van der Waals surface area contributed by atoms with Crippen molar-refractivity contribution in [2.24, 2.45) is 0 Å². The van der Waals surface area contributed by atoms with Crippen LogP contribution in [-0.4, -0.2) is 41.4 Å². The number of nitrogens with zero attached hydrogens (tertiary/aromatic N) is 4. The number of alkyl halides is 3. The highest BCUT2D eigenvalue weighted by Crippen LogP contribution is 2.41. The Hall–Kier alpha value is -2.62. The van der Waals surface area contributed by atoms with Crippen LogP contribution in [0.4, 0.5) is 13.2 Å². The predicted octanol–water partition coefficient (Wildman–Crippen LogP) is 5.04. The van der Waals surface area contributed by atoms with E-state index in [9.17, 15) is 26.9 Å². The van der Waals surface area contributed by atoms with Gasteiger partial charge in [0.2, 0.25) is 10.0 Å². The van der Waals surface area contributed by atoms with Gasteiger partial charge in [-0.05, 0) is 44.2 Å². The van der Waals surface area contributed by atoms with Crippen LogP contribution in [-0.2, 0) is 10.0 Å². The highest BCUT2D eigenvalue weighted by atomic mass is 32.2. The third kappa shape index (κ3) is 4.52. The lowest BCUT2D eigenvalue weighted by Crippen LogP contribution is -2.42. The normalized spacial score (nSPS) is 16.1. The first-order chi connectivity index (χ1) is 16.1. The molecule has 4 rings (SSSR count). The quantitative estimate of drug-likeness (QED) is 0.468. The van der Waals surface area contributed by atoms with Crippen molar-refractivity contribution in [3.63, 3.8) is 0 Å². The SMILES string of the molecule is CSc1cnc2c(c1)c(C#N)c(-c1ccc(S(=O)(=O)N[C@H](C)C(F)(F)F)cn1)n2C1CCCC1. The molecule has 0 aliphatic heterocycles. The van der Waals surface area contributed by atoms with E-state index in [2.05, 4.69) is 16.0 Å². The van der Waals surface area contributed by atoms with Crippen molar-refractivity contribution in [2.45, 2.75) is 60.7 Å². The molecule has 0 aromatic carbocycles. The second kappa shape index (κ2) is 9.20. The number of halogens is 3. The Balaban J connectivity index is 1.82. The maximum absolute atomic E-state index is 12.8. The Morgan fingerprint density at radius 1 is 1.24 bits per heavy atom. The maximum atomic E-state index is 12.8. The van der Waals surface area contributed by atoms with Crippen LogP contribution in [0.15, 0.2) is 40.4 Å². The molecule has 1 atom stereocenters. The van der Waals surface area contributed by atoms with E-state index in [1.165, 1.54) is 23.9 Å². The number of nitriles is 1. The summed E-state index contributed by atoms with van der Waals surface area (Å²) in [5.74, 6) is 0. The summed E-state index contributed by atoms with van der Waals surface area (Å²) in [5, 5.41) is 10.7. The molecule has 0 spiro atoms.